The summed E-state index contributed by atoms with van der Waals surface area (Å²) in [5.41, 5.74) is 3.98. The fourth-order valence-electron chi connectivity index (χ4n) is 3.31. The second-order valence-electron chi connectivity index (χ2n) is 6.84. The van der Waals surface area contributed by atoms with Crippen LogP contribution in [0, 0.1) is 0 Å². The maximum Gasteiger partial charge on any atom is 0.275 e. The number of carbonyl (C=O) groups is 1. The molecule has 0 bridgehead atoms. The van der Waals surface area contributed by atoms with Crippen molar-refractivity contribution in [1.82, 2.24) is 5.32 Å². The lowest BCUT2D eigenvalue weighted by atomic mass is 9.99. The normalized spacial score (nSPS) is 18.3. The molecule has 1 heterocycles. The van der Waals surface area contributed by atoms with Gasteiger partial charge in [-0.25, -0.2) is 0 Å². The Kier molecular flexibility index (Phi) is 6.02. The molecule has 0 fully saturated rings. The van der Waals surface area contributed by atoms with Crippen LogP contribution in [0.4, 0.5) is 0 Å². The minimum Gasteiger partial charge on any atom is -0.351 e. The van der Waals surface area contributed by atoms with E-state index in [4.69, 9.17) is 0 Å². The second kappa shape index (κ2) is 8.63. The van der Waals surface area contributed by atoms with Crippen molar-refractivity contribution < 1.29 is 9.69 Å². The van der Waals surface area contributed by atoms with Crippen LogP contribution in [0.15, 0.2) is 66.7 Å². The lowest BCUT2D eigenvalue weighted by molar-refractivity contribution is -0.886. The molecule has 2 aromatic carbocycles. The number of carbonyl (C=O) groups excluding carboxylic acids is 1. The van der Waals surface area contributed by atoms with Crippen LogP contribution in [0.25, 0.3) is 5.57 Å². The molecular formula is C22H27N2O+. The smallest absolute Gasteiger partial charge is 0.275 e. The molecule has 2 N–H and O–H groups in total. The van der Waals surface area contributed by atoms with Crippen molar-refractivity contribution in [3.05, 3.63) is 77.9 Å². The molecule has 3 heteroatoms. The molecule has 0 aliphatic carbocycles. The van der Waals surface area contributed by atoms with Crippen molar-refractivity contribution in [1.29, 1.82) is 0 Å². The van der Waals surface area contributed by atoms with E-state index in [0.29, 0.717) is 19.0 Å². The van der Waals surface area contributed by atoms with Gasteiger partial charge in [-0.3, -0.25) is 4.79 Å². The largest absolute Gasteiger partial charge is 0.351 e. The molecule has 2 aromatic rings. The van der Waals surface area contributed by atoms with E-state index in [9.17, 15) is 4.79 Å². The first-order valence-electron chi connectivity index (χ1n) is 9.12. The minimum atomic E-state index is 0.148. The monoisotopic (exact) mass is 335 g/mol. The van der Waals surface area contributed by atoms with E-state index in [1.165, 1.54) is 21.6 Å². The molecule has 0 spiro atoms. The fraction of sp³-hybridized carbons (Fsp3) is 0.318. The van der Waals surface area contributed by atoms with Crippen LogP contribution in [0.5, 0.6) is 0 Å². The highest BCUT2D eigenvalue weighted by Crippen LogP contribution is 2.17. The van der Waals surface area contributed by atoms with E-state index in [2.05, 4.69) is 54.7 Å². The first-order chi connectivity index (χ1) is 12.2. The Balaban J connectivity index is 1.44. The van der Waals surface area contributed by atoms with Gasteiger partial charge in [-0.1, -0.05) is 67.6 Å². The third kappa shape index (κ3) is 5.04. The second-order valence-corrected chi connectivity index (χ2v) is 6.84. The third-order valence-electron chi connectivity index (χ3n) is 4.91. The molecule has 0 aromatic heterocycles. The lowest BCUT2D eigenvalue weighted by Gasteiger charge is -2.23. The predicted molar refractivity (Wildman–Crippen MR) is 102 cm³/mol. The number of rotatable bonds is 6. The van der Waals surface area contributed by atoms with Crippen molar-refractivity contribution in [2.75, 3.05) is 26.2 Å². The maximum absolute atomic E-state index is 12.2. The summed E-state index contributed by atoms with van der Waals surface area (Å²) >= 11 is 0. The first kappa shape index (κ1) is 17.4. The van der Waals surface area contributed by atoms with Crippen molar-refractivity contribution in [3.8, 4) is 0 Å². The van der Waals surface area contributed by atoms with Gasteiger partial charge in [-0.05, 0) is 28.7 Å². The quantitative estimate of drug-likeness (QED) is 0.834. The molecule has 1 unspecified atom stereocenters. The summed E-state index contributed by atoms with van der Waals surface area (Å²) in [6.07, 6.45) is 3.32. The first-order valence-corrected chi connectivity index (χ1v) is 9.12. The summed E-state index contributed by atoms with van der Waals surface area (Å²) in [6.45, 7) is 5.34. The van der Waals surface area contributed by atoms with E-state index < -0.39 is 0 Å². The van der Waals surface area contributed by atoms with Gasteiger partial charge in [-0.15, -0.1) is 0 Å². The fourth-order valence-corrected chi connectivity index (χ4v) is 3.31. The van der Waals surface area contributed by atoms with Crippen LogP contribution in [0.1, 0.15) is 30.4 Å². The zero-order chi connectivity index (χ0) is 17.5. The highest BCUT2D eigenvalue weighted by atomic mass is 16.2. The van der Waals surface area contributed by atoms with E-state index in [0.717, 1.165) is 19.5 Å². The average molecular weight is 335 g/mol. The number of benzene rings is 2. The predicted octanol–water partition coefficient (Wildman–Crippen LogP) is 2.28. The Morgan fingerprint density at radius 3 is 2.40 bits per heavy atom. The maximum atomic E-state index is 12.2. The van der Waals surface area contributed by atoms with Gasteiger partial charge in [0, 0.05) is 13.0 Å². The van der Waals surface area contributed by atoms with Crippen LogP contribution in [0.3, 0.4) is 0 Å². The average Bonchev–Trinajstić information content (AvgIpc) is 2.68. The zero-order valence-corrected chi connectivity index (χ0v) is 14.9. The van der Waals surface area contributed by atoms with Gasteiger partial charge in [0.05, 0.1) is 13.1 Å². The van der Waals surface area contributed by atoms with Crippen LogP contribution in [0.2, 0.25) is 0 Å². The molecule has 0 saturated carbocycles. The van der Waals surface area contributed by atoms with Gasteiger partial charge in [0.15, 0.2) is 6.54 Å². The number of nitrogens with one attached hydrogen (secondary N) is 2. The SMILES string of the molecule is C[C@H](CNC(=O)C[NH+]1CC=C(c2ccccc2)CC1)c1ccccc1. The highest BCUT2D eigenvalue weighted by Gasteiger charge is 2.19. The molecule has 3 nitrogen and oxygen atoms in total. The number of hydrogen-bond acceptors (Lipinski definition) is 1. The summed E-state index contributed by atoms with van der Waals surface area (Å²) < 4.78 is 0. The van der Waals surface area contributed by atoms with E-state index in [1.54, 1.807) is 0 Å². The Labute approximate surface area is 150 Å². The van der Waals surface area contributed by atoms with Crippen LogP contribution in [-0.2, 0) is 4.79 Å². The number of quaternary nitrogens is 1. The molecule has 2 atom stereocenters. The lowest BCUT2D eigenvalue weighted by Crippen LogP contribution is -3.13. The molecular weight excluding hydrogens is 308 g/mol. The molecule has 25 heavy (non-hydrogen) atoms. The van der Waals surface area contributed by atoms with Crippen molar-refractivity contribution >= 4 is 11.5 Å². The number of hydrogen-bond donors (Lipinski definition) is 2. The van der Waals surface area contributed by atoms with Crippen molar-refractivity contribution in [3.63, 3.8) is 0 Å². The Hall–Kier alpha value is -2.39. The van der Waals surface area contributed by atoms with Gasteiger partial charge in [0.1, 0.15) is 0 Å². The summed E-state index contributed by atoms with van der Waals surface area (Å²) in [5, 5.41) is 3.09. The summed E-state index contributed by atoms with van der Waals surface area (Å²) in [4.78, 5) is 13.6. The summed E-state index contributed by atoms with van der Waals surface area (Å²) in [5.74, 6) is 0.487. The van der Waals surface area contributed by atoms with E-state index in [-0.39, 0.29) is 5.91 Å². The van der Waals surface area contributed by atoms with Crippen molar-refractivity contribution in [2.45, 2.75) is 19.3 Å². The molecule has 0 radical (unpaired) electrons. The van der Waals surface area contributed by atoms with Gasteiger partial charge in [0.2, 0.25) is 0 Å². The van der Waals surface area contributed by atoms with Crippen LogP contribution < -0.4 is 10.2 Å². The van der Waals surface area contributed by atoms with Crippen LogP contribution >= 0.6 is 0 Å². The third-order valence-corrected chi connectivity index (χ3v) is 4.91. The molecule has 3 rings (SSSR count). The number of amides is 1. The van der Waals surface area contributed by atoms with Gasteiger partial charge < -0.3 is 10.2 Å². The standard InChI is InChI=1S/C22H26N2O/c1-18(19-8-4-2-5-9-19)16-23-22(25)17-24-14-12-21(13-15-24)20-10-6-3-7-11-20/h2-12,18H,13-17H2,1H3,(H,23,25)/p+1/t18-/m1/s1. The highest BCUT2D eigenvalue weighted by molar-refractivity contribution is 5.77. The van der Waals surface area contributed by atoms with Gasteiger partial charge >= 0.3 is 0 Å². The van der Waals surface area contributed by atoms with Crippen LogP contribution in [-0.4, -0.2) is 32.1 Å². The minimum absolute atomic E-state index is 0.148. The zero-order valence-electron chi connectivity index (χ0n) is 14.9. The Bertz CT molecular complexity index is 709. The van der Waals surface area contributed by atoms with Gasteiger partial charge in [-0.2, -0.15) is 0 Å². The molecule has 1 aliphatic rings. The molecule has 130 valence electrons. The molecule has 1 aliphatic heterocycles. The summed E-state index contributed by atoms with van der Waals surface area (Å²) in [6, 6.07) is 20.9. The Morgan fingerprint density at radius 2 is 1.76 bits per heavy atom. The topological polar surface area (TPSA) is 33.5 Å². The molecule has 0 saturated heterocycles. The summed E-state index contributed by atoms with van der Waals surface area (Å²) in [7, 11) is 0. The van der Waals surface area contributed by atoms with Gasteiger partial charge in [0.25, 0.3) is 5.91 Å². The van der Waals surface area contributed by atoms with Crippen molar-refractivity contribution in [2.24, 2.45) is 0 Å². The molecule has 1 amide bonds. The van der Waals surface area contributed by atoms with E-state index >= 15 is 0 Å². The van der Waals surface area contributed by atoms with E-state index in [1.807, 2.05) is 24.3 Å². The Morgan fingerprint density at radius 1 is 1.08 bits per heavy atom.